The Labute approximate surface area is 90.2 Å². The van der Waals surface area contributed by atoms with Gasteiger partial charge in [-0.1, -0.05) is 31.6 Å². The van der Waals surface area contributed by atoms with Gasteiger partial charge in [-0.2, -0.15) is 0 Å². The zero-order valence-electron chi connectivity index (χ0n) is 8.31. The van der Waals surface area contributed by atoms with Crippen LogP contribution in [0.2, 0.25) is 0 Å². The Morgan fingerprint density at radius 3 is 1.81 bits per heavy atom. The minimum atomic E-state index is -9.51. The van der Waals surface area contributed by atoms with Gasteiger partial charge in [0.05, 0.1) is 0 Å². The van der Waals surface area contributed by atoms with Crippen molar-refractivity contribution in [3.8, 4) is 0 Å². The van der Waals surface area contributed by atoms with Crippen LogP contribution in [-0.4, -0.2) is 6.54 Å². The zero-order chi connectivity index (χ0) is 12.5. The Hall–Kier alpha value is -0.820. The Bertz CT molecular complexity index is 368. The summed E-state index contributed by atoms with van der Waals surface area (Å²) < 4.78 is 61.6. The molecule has 1 aromatic carbocycles. The summed E-state index contributed by atoms with van der Waals surface area (Å²) in [5.41, 5.74) is 5.79. The van der Waals surface area contributed by atoms with Gasteiger partial charge in [-0.3, -0.25) is 0 Å². The molecule has 1 aromatic rings. The molecule has 0 aliphatic heterocycles. The molecule has 0 bridgehead atoms. The van der Waals surface area contributed by atoms with Crippen LogP contribution in [0.15, 0.2) is 29.2 Å². The highest BCUT2D eigenvalue weighted by molar-refractivity contribution is 8.45. The van der Waals surface area contributed by atoms with Crippen molar-refractivity contribution in [3.63, 3.8) is 0 Å². The lowest BCUT2D eigenvalue weighted by Crippen LogP contribution is -2.06. The first kappa shape index (κ1) is 13.2. The molecule has 16 heavy (non-hydrogen) atoms. The minimum absolute atomic E-state index is 0.406. The first-order valence-electron chi connectivity index (χ1n) is 4.56. The summed E-state index contributed by atoms with van der Waals surface area (Å²) in [6.45, 7) is 0.406. The molecule has 1 nitrogen and oxygen atoms in total. The second-order valence-corrected chi connectivity index (χ2v) is 5.91. The van der Waals surface area contributed by atoms with Gasteiger partial charge in [-0.15, -0.1) is 0 Å². The SMILES string of the molecule is NCCCc1ccc(S(F)(F)(F)(F)F)cc1. The third-order valence-electron chi connectivity index (χ3n) is 2.04. The number of rotatable bonds is 4. The predicted molar refractivity (Wildman–Crippen MR) is 55.2 cm³/mol. The molecule has 0 aliphatic carbocycles. The van der Waals surface area contributed by atoms with Gasteiger partial charge in [0, 0.05) is 0 Å². The van der Waals surface area contributed by atoms with Crippen molar-refractivity contribution in [2.45, 2.75) is 17.7 Å². The smallest absolute Gasteiger partial charge is 0.310 e. The van der Waals surface area contributed by atoms with Crippen molar-refractivity contribution in [1.29, 1.82) is 0 Å². The van der Waals surface area contributed by atoms with E-state index in [0.717, 1.165) is 12.1 Å². The van der Waals surface area contributed by atoms with E-state index in [0.29, 0.717) is 37.1 Å². The molecular formula is C9H12F5NS. The second kappa shape index (κ2) is 3.33. The van der Waals surface area contributed by atoms with E-state index in [4.69, 9.17) is 5.73 Å². The summed E-state index contributed by atoms with van der Waals surface area (Å²) in [6, 6.07) is 2.96. The fraction of sp³-hybridized carbons (Fsp3) is 0.333. The van der Waals surface area contributed by atoms with Crippen LogP contribution >= 0.6 is 10.2 Å². The second-order valence-electron chi connectivity index (χ2n) is 3.51. The van der Waals surface area contributed by atoms with Crippen LogP contribution in [0.4, 0.5) is 19.4 Å². The van der Waals surface area contributed by atoms with Gasteiger partial charge in [-0.25, -0.2) is 0 Å². The van der Waals surface area contributed by atoms with Crippen molar-refractivity contribution in [3.05, 3.63) is 29.8 Å². The summed E-state index contributed by atoms with van der Waals surface area (Å²) in [7, 11) is -9.51. The fourth-order valence-electron chi connectivity index (χ4n) is 1.22. The Morgan fingerprint density at radius 2 is 1.44 bits per heavy atom. The predicted octanol–water partition coefficient (Wildman–Crippen LogP) is 4.24. The third kappa shape index (κ3) is 3.64. The Morgan fingerprint density at radius 1 is 0.938 bits per heavy atom. The van der Waals surface area contributed by atoms with Gasteiger partial charge >= 0.3 is 10.2 Å². The van der Waals surface area contributed by atoms with Crippen LogP contribution in [0.3, 0.4) is 0 Å². The highest BCUT2D eigenvalue weighted by atomic mass is 32.5. The van der Waals surface area contributed by atoms with Gasteiger partial charge in [0.25, 0.3) is 0 Å². The molecule has 7 heteroatoms. The molecule has 0 spiro atoms. The summed E-state index contributed by atoms with van der Waals surface area (Å²) >= 11 is 0. The van der Waals surface area contributed by atoms with E-state index in [9.17, 15) is 19.4 Å². The van der Waals surface area contributed by atoms with Crippen LogP contribution in [0.25, 0.3) is 0 Å². The summed E-state index contributed by atoms with van der Waals surface area (Å²) in [5, 5.41) is 0. The third-order valence-corrected chi connectivity index (χ3v) is 3.20. The Kier molecular flexibility index (Phi) is 2.76. The van der Waals surface area contributed by atoms with Crippen molar-refractivity contribution in [2.24, 2.45) is 5.73 Å². The van der Waals surface area contributed by atoms with Crippen molar-refractivity contribution >= 4 is 10.2 Å². The normalized spacial score (nSPS) is 16.6. The molecular weight excluding hydrogens is 249 g/mol. The Balaban J connectivity index is 2.97. The number of halogens is 5. The van der Waals surface area contributed by atoms with Crippen molar-refractivity contribution < 1.29 is 19.4 Å². The molecule has 0 atom stereocenters. The van der Waals surface area contributed by atoms with E-state index >= 15 is 0 Å². The molecule has 0 amide bonds. The fourth-order valence-corrected chi connectivity index (χ4v) is 1.87. The van der Waals surface area contributed by atoms with Gasteiger partial charge in [0.2, 0.25) is 0 Å². The van der Waals surface area contributed by atoms with Crippen LogP contribution in [0.1, 0.15) is 12.0 Å². The van der Waals surface area contributed by atoms with Gasteiger partial charge < -0.3 is 5.73 Å². The van der Waals surface area contributed by atoms with E-state index in [1.54, 1.807) is 0 Å². The van der Waals surface area contributed by atoms with Crippen LogP contribution in [0.5, 0.6) is 0 Å². The molecule has 0 aliphatic rings. The minimum Gasteiger partial charge on any atom is -0.330 e. The quantitative estimate of drug-likeness (QED) is 0.806. The van der Waals surface area contributed by atoms with Crippen LogP contribution in [0, 0.1) is 0 Å². The molecule has 0 fully saturated rings. The largest absolute Gasteiger partial charge is 0.330 e. The summed E-state index contributed by atoms with van der Waals surface area (Å²) in [4.78, 5) is -1.85. The number of aryl methyl sites for hydroxylation is 1. The van der Waals surface area contributed by atoms with E-state index in [-0.39, 0.29) is 0 Å². The van der Waals surface area contributed by atoms with Gasteiger partial charge in [-0.05, 0) is 37.1 Å². The zero-order valence-corrected chi connectivity index (χ0v) is 9.12. The topological polar surface area (TPSA) is 26.0 Å². The molecule has 0 saturated carbocycles. The summed E-state index contributed by atoms with van der Waals surface area (Å²) in [6.07, 6.45) is 1.09. The molecule has 2 N–H and O–H groups in total. The lowest BCUT2D eigenvalue weighted by atomic mass is 10.1. The maximum atomic E-state index is 12.3. The first-order valence-corrected chi connectivity index (χ1v) is 6.51. The number of hydrogen-bond acceptors (Lipinski definition) is 1. The molecule has 0 saturated heterocycles. The van der Waals surface area contributed by atoms with Gasteiger partial charge in [0.15, 0.2) is 0 Å². The van der Waals surface area contributed by atoms with Crippen molar-refractivity contribution in [1.82, 2.24) is 0 Å². The maximum absolute atomic E-state index is 12.3. The number of hydrogen-bond donors (Lipinski definition) is 1. The highest BCUT2D eigenvalue weighted by Crippen LogP contribution is 3.02. The average molecular weight is 261 g/mol. The first-order chi connectivity index (χ1) is 7.03. The molecule has 0 aromatic heterocycles. The van der Waals surface area contributed by atoms with Gasteiger partial charge in [0.1, 0.15) is 4.90 Å². The lowest BCUT2D eigenvalue weighted by Gasteiger charge is -2.40. The number of nitrogens with two attached hydrogens (primary N) is 1. The molecule has 94 valence electrons. The lowest BCUT2D eigenvalue weighted by molar-refractivity contribution is 0.364. The van der Waals surface area contributed by atoms with Crippen LogP contribution in [-0.2, 0) is 6.42 Å². The monoisotopic (exact) mass is 261 g/mol. The van der Waals surface area contributed by atoms with E-state index < -0.39 is 15.1 Å². The highest BCUT2D eigenvalue weighted by Gasteiger charge is 2.65. The van der Waals surface area contributed by atoms with Crippen LogP contribution < -0.4 is 5.73 Å². The molecule has 1 rings (SSSR count). The standard InChI is InChI=1S/C9H12F5NS/c10-16(11,12,13,14)9-5-3-8(4-6-9)2-1-7-15/h3-6H,1-2,7,15H2. The average Bonchev–Trinajstić information content (AvgIpc) is 2.12. The molecule has 0 unspecified atom stereocenters. The summed E-state index contributed by atoms with van der Waals surface area (Å²) in [5.74, 6) is 0. The molecule has 0 radical (unpaired) electrons. The van der Waals surface area contributed by atoms with E-state index in [1.165, 1.54) is 0 Å². The van der Waals surface area contributed by atoms with E-state index in [1.807, 2.05) is 0 Å². The van der Waals surface area contributed by atoms with Crippen molar-refractivity contribution in [2.75, 3.05) is 6.54 Å². The molecule has 0 heterocycles. The number of benzene rings is 1. The maximum Gasteiger partial charge on any atom is 0.310 e. The van der Waals surface area contributed by atoms with E-state index in [2.05, 4.69) is 0 Å².